The third-order valence-electron chi connectivity index (χ3n) is 5.02. The van der Waals surface area contributed by atoms with Crippen LogP contribution < -0.4 is 0 Å². The van der Waals surface area contributed by atoms with Gasteiger partial charge in [-0.3, -0.25) is 9.69 Å². The number of carbonyl (C=O) groups is 1. The smallest absolute Gasteiger partial charge is 0.242 e. The van der Waals surface area contributed by atoms with E-state index in [4.69, 9.17) is 0 Å². The first-order valence-corrected chi connectivity index (χ1v) is 9.31. The molecule has 0 radical (unpaired) electrons. The minimum atomic E-state index is -0.542. The largest absolute Gasteiger partial charge is 0.390 e. The third-order valence-corrected chi connectivity index (χ3v) is 5.02. The van der Waals surface area contributed by atoms with Crippen molar-refractivity contribution < 1.29 is 9.90 Å². The van der Waals surface area contributed by atoms with Crippen LogP contribution in [0.4, 0.5) is 0 Å². The number of aromatic nitrogens is 2. The van der Waals surface area contributed by atoms with E-state index in [1.54, 1.807) is 11.2 Å². The SMILES string of the molecule is O=C(Cn1cnc2ccccc21)N1CCN(Cc2ccccc2)C[C@H](O)C1. The summed E-state index contributed by atoms with van der Waals surface area (Å²) >= 11 is 0. The average Bonchev–Trinajstić information content (AvgIpc) is 2.98. The zero-order valence-electron chi connectivity index (χ0n) is 15.2. The first kappa shape index (κ1) is 17.7. The number of aliphatic hydroxyl groups excluding tert-OH is 1. The van der Waals surface area contributed by atoms with Crippen LogP contribution in [0.3, 0.4) is 0 Å². The summed E-state index contributed by atoms with van der Waals surface area (Å²) in [5, 5.41) is 10.4. The fourth-order valence-electron chi connectivity index (χ4n) is 3.65. The lowest BCUT2D eigenvalue weighted by Gasteiger charge is -2.22. The number of fused-ring (bicyclic) bond motifs is 1. The normalized spacial score (nSPS) is 18.6. The van der Waals surface area contributed by atoms with Crippen molar-refractivity contribution >= 4 is 16.9 Å². The van der Waals surface area contributed by atoms with Crippen LogP contribution in [0.25, 0.3) is 11.0 Å². The second kappa shape index (κ2) is 7.90. The summed E-state index contributed by atoms with van der Waals surface area (Å²) in [6.45, 7) is 3.35. The van der Waals surface area contributed by atoms with E-state index in [-0.39, 0.29) is 12.5 Å². The Bertz CT molecular complexity index is 909. The van der Waals surface area contributed by atoms with Crippen molar-refractivity contribution in [2.75, 3.05) is 26.2 Å². The summed E-state index contributed by atoms with van der Waals surface area (Å²) < 4.78 is 1.87. The van der Waals surface area contributed by atoms with Gasteiger partial charge in [-0.1, -0.05) is 42.5 Å². The number of nitrogens with zero attached hydrogens (tertiary/aromatic N) is 4. The molecule has 3 aromatic rings. The number of hydrogen-bond donors (Lipinski definition) is 1. The molecule has 4 rings (SSSR count). The molecule has 6 heteroatoms. The maximum atomic E-state index is 12.8. The molecule has 0 aliphatic carbocycles. The lowest BCUT2D eigenvalue weighted by Crippen LogP contribution is -2.39. The molecule has 1 aromatic heterocycles. The quantitative estimate of drug-likeness (QED) is 0.766. The molecule has 1 aliphatic heterocycles. The topological polar surface area (TPSA) is 61.6 Å². The van der Waals surface area contributed by atoms with Gasteiger partial charge in [0.05, 0.1) is 23.5 Å². The van der Waals surface area contributed by atoms with Crippen LogP contribution in [0, 0.1) is 0 Å². The molecule has 140 valence electrons. The van der Waals surface area contributed by atoms with E-state index in [1.165, 1.54) is 5.56 Å². The summed E-state index contributed by atoms with van der Waals surface area (Å²) in [5.41, 5.74) is 3.05. The minimum Gasteiger partial charge on any atom is -0.390 e. The molecule has 27 heavy (non-hydrogen) atoms. The highest BCUT2D eigenvalue weighted by molar-refractivity contribution is 5.80. The Hall–Kier alpha value is -2.70. The summed E-state index contributed by atoms with van der Waals surface area (Å²) in [7, 11) is 0. The van der Waals surface area contributed by atoms with Gasteiger partial charge in [-0.15, -0.1) is 0 Å². The van der Waals surface area contributed by atoms with Crippen molar-refractivity contribution in [2.45, 2.75) is 19.2 Å². The summed E-state index contributed by atoms with van der Waals surface area (Å²) in [4.78, 5) is 21.1. The molecular weight excluding hydrogens is 340 g/mol. The number of β-amino-alcohol motifs (C(OH)–C–C–N with tert-alkyl or cyclic N) is 1. The van der Waals surface area contributed by atoms with Crippen molar-refractivity contribution in [3.63, 3.8) is 0 Å². The number of hydrogen-bond acceptors (Lipinski definition) is 4. The zero-order chi connectivity index (χ0) is 18.6. The van der Waals surface area contributed by atoms with Gasteiger partial charge in [0.1, 0.15) is 6.54 Å². The molecule has 1 saturated heterocycles. The molecule has 0 spiro atoms. The highest BCUT2D eigenvalue weighted by Gasteiger charge is 2.24. The molecule has 2 heterocycles. The average molecular weight is 364 g/mol. The summed E-state index contributed by atoms with van der Waals surface area (Å²) in [6.07, 6.45) is 1.16. The Morgan fingerprint density at radius 2 is 1.81 bits per heavy atom. The predicted molar refractivity (Wildman–Crippen MR) is 104 cm³/mol. The van der Waals surface area contributed by atoms with Crippen LogP contribution in [0.2, 0.25) is 0 Å². The maximum absolute atomic E-state index is 12.8. The minimum absolute atomic E-state index is 0.0127. The molecule has 1 atom stereocenters. The Morgan fingerprint density at radius 1 is 1.04 bits per heavy atom. The van der Waals surface area contributed by atoms with Gasteiger partial charge in [0, 0.05) is 32.7 Å². The molecular formula is C21H24N4O2. The van der Waals surface area contributed by atoms with Gasteiger partial charge in [0.2, 0.25) is 5.91 Å². The van der Waals surface area contributed by atoms with Gasteiger partial charge in [0.15, 0.2) is 0 Å². The first-order chi connectivity index (χ1) is 13.2. The standard InChI is InChI=1S/C21H24N4O2/c26-18-13-23(12-17-6-2-1-3-7-17)10-11-24(14-18)21(27)15-25-16-22-19-8-4-5-9-20(19)25/h1-9,16,18,26H,10-15H2/t18-/m0/s1. The molecule has 6 nitrogen and oxygen atoms in total. The van der Waals surface area contributed by atoms with Gasteiger partial charge in [0.25, 0.3) is 0 Å². The Balaban J connectivity index is 1.41. The first-order valence-electron chi connectivity index (χ1n) is 9.31. The second-order valence-corrected chi connectivity index (χ2v) is 7.08. The highest BCUT2D eigenvalue weighted by Crippen LogP contribution is 2.14. The fourth-order valence-corrected chi connectivity index (χ4v) is 3.65. The molecule has 1 N–H and O–H groups in total. The molecule has 0 unspecified atom stereocenters. The second-order valence-electron chi connectivity index (χ2n) is 7.08. The Kier molecular flexibility index (Phi) is 5.18. The van der Waals surface area contributed by atoms with Crippen LogP contribution in [0.15, 0.2) is 60.9 Å². The van der Waals surface area contributed by atoms with Crippen molar-refractivity contribution in [3.05, 3.63) is 66.5 Å². The molecule has 0 saturated carbocycles. The Morgan fingerprint density at radius 3 is 2.67 bits per heavy atom. The van der Waals surface area contributed by atoms with Crippen molar-refractivity contribution in [1.29, 1.82) is 0 Å². The number of benzene rings is 2. The Labute approximate surface area is 158 Å². The molecule has 2 aromatic carbocycles. The van der Waals surface area contributed by atoms with E-state index in [0.717, 1.165) is 24.1 Å². The van der Waals surface area contributed by atoms with Crippen LogP contribution in [0.5, 0.6) is 0 Å². The lowest BCUT2D eigenvalue weighted by molar-refractivity contribution is -0.132. The van der Waals surface area contributed by atoms with Crippen molar-refractivity contribution in [2.24, 2.45) is 0 Å². The number of rotatable bonds is 4. The van der Waals surface area contributed by atoms with E-state index in [1.807, 2.05) is 47.0 Å². The highest BCUT2D eigenvalue weighted by atomic mass is 16.3. The van der Waals surface area contributed by atoms with Gasteiger partial charge in [-0.2, -0.15) is 0 Å². The number of carbonyl (C=O) groups excluding carboxylic acids is 1. The molecule has 0 bridgehead atoms. The maximum Gasteiger partial charge on any atom is 0.242 e. The van der Waals surface area contributed by atoms with Crippen molar-refractivity contribution in [1.82, 2.24) is 19.4 Å². The predicted octanol–water partition coefficient (Wildman–Crippen LogP) is 1.74. The monoisotopic (exact) mass is 364 g/mol. The third kappa shape index (κ3) is 4.18. The molecule has 1 aliphatic rings. The van der Waals surface area contributed by atoms with E-state index >= 15 is 0 Å². The summed E-state index contributed by atoms with van der Waals surface area (Å²) in [5.74, 6) is 0.0127. The van der Waals surface area contributed by atoms with Crippen LogP contribution >= 0.6 is 0 Å². The lowest BCUT2D eigenvalue weighted by atomic mass is 10.2. The fraction of sp³-hybridized carbons (Fsp3) is 0.333. The van der Waals surface area contributed by atoms with Gasteiger partial charge >= 0.3 is 0 Å². The number of imidazole rings is 1. The molecule has 1 amide bonds. The van der Waals surface area contributed by atoms with Crippen LogP contribution in [-0.2, 0) is 17.9 Å². The van der Waals surface area contributed by atoms with Crippen LogP contribution in [0.1, 0.15) is 5.56 Å². The van der Waals surface area contributed by atoms with Crippen molar-refractivity contribution in [3.8, 4) is 0 Å². The van der Waals surface area contributed by atoms with E-state index in [9.17, 15) is 9.90 Å². The van der Waals surface area contributed by atoms with E-state index in [2.05, 4.69) is 22.0 Å². The molecule has 1 fully saturated rings. The van der Waals surface area contributed by atoms with Crippen LogP contribution in [-0.4, -0.2) is 62.6 Å². The van der Waals surface area contributed by atoms with Gasteiger partial charge in [-0.25, -0.2) is 4.98 Å². The number of para-hydroxylation sites is 2. The van der Waals surface area contributed by atoms with E-state index in [0.29, 0.717) is 19.6 Å². The van der Waals surface area contributed by atoms with Gasteiger partial charge in [-0.05, 0) is 17.7 Å². The van der Waals surface area contributed by atoms with Gasteiger partial charge < -0.3 is 14.6 Å². The zero-order valence-corrected chi connectivity index (χ0v) is 15.2. The summed E-state index contributed by atoms with van der Waals surface area (Å²) in [6, 6.07) is 18.0. The number of amides is 1. The number of aliphatic hydroxyl groups is 1. The van der Waals surface area contributed by atoms with E-state index < -0.39 is 6.10 Å².